The summed E-state index contributed by atoms with van der Waals surface area (Å²) in [5.41, 5.74) is 2.45. The molecule has 6 aromatic rings. The Morgan fingerprint density at radius 1 is 0.872 bits per heavy atom. The first-order chi connectivity index (χ1) is 19.0. The predicted molar refractivity (Wildman–Crippen MR) is 141 cm³/mol. The number of halogens is 2. The highest BCUT2D eigenvalue weighted by Crippen LogP contribution is 2.37. The second-order valence-corrected chi connectivity index (χ2v) is 9.49. The van der Waals surface area contributed by atoms with E-state index in [1.807, 2.05) is 24.3 Å². The quantitative estimate of drug-likeness (QED) is 0.200. The minimum atomic E-state index is -0.646. The van der Waals surface area contributed by atoms with E-state index in [1.54, 1.807) is 43.1 Å². The summed E-state index contributed by atoms with van der Waals surface area (Å²) >= 11 is 1.33. The monoisotopic (exact) mass is 549 g/mol. The van der Waals surface area contributed by atoms with E-state index in [2.05, 4.69) is 10.1 Å². The van der Waals surface area contributed by atoms with Gasteiger partial charge in [-0.15, -0.1) is 5.10 Å². The number of fused-ring (bicyclic) bond motifs is 2. The first-order valence-electron chi connectivity index (χ1n) is 11.8. The topological polar surface area (TPSA) is 80.2 Å². The number of rotatable bonds is 9. The van der Waals surface area contributed by atoms with Gasteiger partial charge in [-0.2, -0.15) is 0 Å². The molecule has 0 bridgehead atoms. The molecule has 6 rings (SSSR count). The Kier molecular flexibility index (Phi) is 6.49. The third-order valence-electron chi connectivity index (χ3n) is 5.88. The van der Waals surface area contributed by atoms with Crippen LogP contribution in [0.25, 0.3) is 27.4 Å². The molecule has 0 atom stereocenters. The fourth-order valence-corrected chi connectivity index (χ4v) is 4.78. The lowest BCUT2D eigenvalue weighted by atomic mass is 10.2. The number of imidazole rings is 1. The van der Waals surface area contributed by atoms with Gasteiger partial charge in [0, 0.05) is 18.2 Å². The van der Waals surface area contributed by atoms with Crippen LogP contribution in [0.4, 0.5) is 8.78 Å². The molecule has 0 radical (unpaired) electrons. The van der Waals surface area contributed by atoms with E-state index in [4.69, 9.17) is 23.4 Å². The van der Waals surface area contributed by atoms with E-state index in [9.17, 15) is 8.78 Å². The van der Waals surface area contributed by atoms with Crippen molar-refractivity contribution in [2.24, 2.45) is 0 Å². The van der Waals surface area contributed by atoms with Crippen LogP contribution in [0.5, 0.6) is 22.4 Å². The highest BCUT2D eigenvalue weighted by molar-refractivity contribution is 7.18. The van der Waals surface area contributed by atoms with Crippen molar-refractivity contribution >= 4 is 27.3 Å². The average molecular weight is 550 g/mol. The number of hydrogen-bond donors (Lipinski definition) is 0. The molecule has 0 saturated carbocycles. The number of furan rings is 1. The molecule has 8 nitrogen and oxygen atoms in total. The van der Waals surface area contributed by atoms with E-state index in [0.29, 0.717) is 50.0 Å². The lowest BCUT2D eigenvalue weighted by molar-refractivity contribution is 0.296. The molecule has 3 aromatic carbocycles. The average Bonchev–Trinajstić information content (AvgIpc) is 3.63. The van der Waals surface area contributed by atoms with Gasteiger partial charge in [0.15, 0.2) is 5.76 Å². The van der Waals surface area contributed by atoms with Crippen LogP contribution in [-0.4, -0.2) is 28.8 Å². The number of benzene rings is 3. The van der Waals surface area contributed by atoms with Gasteiger partial charge in [0.2, 0.25) is 4.96 Å². The Labute approximate surface area is 224 Å². The van der Waals surface area contributed by atoms with E-state index < -0.39 is 11.6 Å². The zero-order chi connectivity index (χ0) is 26.9. The van der Waals surface area contributed by atoms with Crippen LogP contribution in [0.1, 0.15) is 11.1 Å². The van der Waals surface area contributed by atoms with Crippen molar-refractivity contribution in [1.82, 2.24) is 14.6 Å². The highest BCUT2D eigenvalue weighted by Gasteiger charge is 2.17. The molecule has 0 N–H and O–H groups in total. The van der Waals surface area contributed by atoms with Gasteiger partial charge in [0.1, 0.15) is 53.4 Å². The van der Waals surface area contributed by atoms with Gasteiger partial charge < -0.3 is 23.4 Å². The number of methoxy groups -OCH3 is 2. The molecule has 0 aliphatic carbocycles. The zero-order valence-corrected chi connectivity index (χ0v) is 21.6. The Morgan fingerprint density at radius 2 is 1.69 bits per heavy atom. The third kappa shape index (κ3) is 5.21. The number of nitrogens with zero attached hydrogens (tertiary/aromatic N) is 3. The molecule has 3 aromatic heterocycles. The number of aromatic nitrogens is 3. The Balaban J connectivity index is 1.21. The van der Waals surface area contributed by atoms with Crippen LogP contribution in [0.15, 0.2) is 71.3 Å². The zero-order valence-electron chi connectivity index (χ0n) is 20.8. The molecule has 0 aliphatic heterocycles. The first kappa shape index (κ1) is 24.7. The number of hydrogen-bond acceptors (Lipinski definition) is 8. The normalized spacial score (nSPS) is 11.3. The summed E-state index contributed by atoms with van der Waals surface area (Å²) in [5, 5.41) is 5.58. The fraction of sp³-hybridized carbons (Fsp3) is 0.143. The van der Waals surface area contributed by atoms with Crippen molar-refractivity contribution in [3.05, 3.63) is 89.6 Å². The lowest BCUT2D eigenvalue weighted by Gasteiger charge is -2.11. The van der Waals surface area contributed by atoms with Crippen molar-refractivity contribution in [3.8, 4) is 33.9 Å². The van der Waals surface area contributed by atoms with E-state index in [-0.39, 0.29) is 13.2 Å². The van der Waals surface area contributed by atoms with Crippen molar-refractivity contribution in [3.63, 3.8) is 0 Å². The van der Waals surface area contributed by atoms with Crippen LogP contribution in [0.2, 0.25) is 0 Å². The Hall–Kier alpha value is -4.64. The van der Waals surface area contributed by atoms with Crippen molar-refractivity contribution in [2.45, 2.75) is 13.2 Å². The molecule has 0 saturated heterocycles. The minimum Gasteiger partial charge on any atom is -0.496 e. The lowest BCUT2D eigenvalue weighted by Crippen LogP contribution is -1.99. The van der Waals surface area contributed by atoms with Gasteiger partial charge in [-0.1, -0.05) is 12.1 Å². The van der Waals surface area contributed by atoms with Crippen LogP contribution in [-0.2, 0) is 13.2 Å². The number of ether oxygens (including phenoxy) is 4. The van der Waals surface area contributed by atoms with Crippen LogP contribution in [0.3, 0.4) is 0 Å². The van der Waals surface area contributed by atoms with Crippen molar-refractivity contribution in [2.75, 3.05) is 14.2 Å². The third-order valence-corrected chi connectivity index (χ3v) is 6.76. The van der Waals surface area contributed by atoms with Gasteiger partial charge in [-0.3, -0.25) is 0 Å². The summed E-state index contributed by atoms with van der Waals surface area (Å²) < 4.78 is 57.2. The molecule has 198 valence electrons. The largest absolute Gasteiger partial charge is 0.496 e. The molecule has 0 amide bonds. The van der Waals surface area contributed by atoms with E-state index >= 15 is 0 Å². The Bertz CT molecular complexity index is 1740. The molecule has 0 spiro atoms. The van der Waals surface area contributed by atoms with Crippen LogP contribution < -0.4 is 18.9 Å². The summed E-state index contributed by atoms with van der Waals surface area (Å²) in [6.45, 7) is 0.264. The summed E-state index contributed by atoms with van der Waals surface area (Å²) in [7, 11) is 3.13. The summed E-state index contributed by atoms with van der Waals surface area (Å²) in [5.74, 6) is 0.965. The van der Waals surface area contributed by atoms with Gasteiger partial charge in [-0.05, 0) is 52.8 Å². The molecule has 3 heterocycles. The van der Waals surface area contributed by atoms with Gasteiger partial charge in [-0.25, -0.2) is 18.3 Å². The molecule has 0 fully saturated rings. The first-order valence-corrected chi connectivity index (χ1v) is 12.6. The molecular formula is C28H21F2N3O5S. The second kappa shape index (κ2) is 10.3. The van der Waals surface area contributed by atoms with Crippen LogP contribution >= 0.6 is 11.3 Å². The van der Waals surface area contributed by atoms with Crippen LogP contribution in [0, 0.1) is 11.6 Å². The maximum absolute atomic E-state index is 13.5. The Morgan fingerprint density at radius 3 is 2.46 bits per heavy atom. The summed E-state index contributed by atoms with van der Waals surface area (Å²) in [4.78, 5) is 5.27. The van der Waals surface area contributed by atoms with E-state index in [1.165, 1.54) is 23.5 Å². The molecule has 0 aliphatic rings. The van der Waals surface area contributed by atoms with Gasteiger partial charge in [0.05, 0.1) is 25.8 Å². The summed E-state index contributed by atoms with van der Waals surface area (Å²) in [6, 6.07) is 16.0. The van der Waals surface area contributed by atoms with Gasteiger partial charge in [0.25, 0.3) is 5.19 Å². The molecule has 39 heavy (non-hydrogen) atoms. The van der Waals surface area contributed by atoms with Crippen molar-refractivity contribution in [1.29, 1.82) is 0 Å². The standard InChI is InChI=1S/C28H21F2N3O5S/c1-34-21-10-24(22-12-26(38-25(22)11-21)23-13-33-27(31-23)39-28(32-33)35-2)37-14-16-4-3-5-20(8-16)36-15-17-6-18(29)9-19(30)7-17/h3-13H,14-15H2,1-2H3. The minimum absolute atomic E-state index is 0.0291. The van der Waals surface area contributed by atoms with Crippen molar-refractivity contribution < 1.29 is 32.1 Å². The maximum atomic E-state index is 13.5. The highest BCUT2D eigenvalue weighted by atomic mass is 32.1. The van der Waals surface area contributed by atoms with Gasteiger partial charge >= 0.3 is 0 Å². The summed E-state index contributed by atoms with van der Waals surface area (Å²) in [6.07, 6.45) is 1.77. The fourth-order valence-electron chi connectivity index (χ4n) is 4.08. The molecule has 0 unspecified atom stereocenters. The smallest absolute Gasteiger partial charge is 0.294 e. The molecular weight excluding hydrogens is 528 g/mol. The van der Waals surface area contributed by atoms with E-state index in [0.717, 1.165) is 17.0 Å². The maximum Gasteiger partial charge on any atom is 0.294 e. The SMILES string of the molecule is COc1cc(OCc2cccc(OCc3cc(F)cc(F)c3)c2)c2cc(-c3cn4nc(OC)sc4n3)oc2c1. The predicted octanol–water partition coefficient (Wildman–Crippen LogP) is 6.66. The molecule has 11 heteroatoms. The second-order valence-electron chi connectivity index (χ2n) is 8.58.